The molecule has 0 aromatic heterocycles. The van der Waals surface area contributed by atoms with Crippen LogP contribution in [0.25, 0.3) is 0 Å². The van der Waals surface area contributed by atoms with Crippen molar-refractivity contribution >= 4 is 17.9 Å². The second kappa shape index (κ2) is 39.5. The zero-order valence-electron chi connectivity index (χ0n) is 35.3. The fraction of sp³-hybridized carbons (Fsp3) is 0.766. The molecule has 0 bridgehead atoms. The molecule has 0 spiro atoms. The highest BCUT2D eigenvalue weighted by Gasteiger charge is 2.19. The highest BCUT2D eigenvalue weighted by atomic mass is 16.6. The molecule has 0 N–H and O–H groups in total. The molecule has 0 atom stereocenters. The molecule has 1 rings (SSSR count). The van der Waals surface area contributed by atoms with Gasteiger partial charge in [-0.05, 0) is 77.0 Å². The Balaban J connectivity index is 2.26. The van der Waals surface area contributed by atoms with Gasteiger partial charge in [0.2, 0.25) is 0 Å². The van der Waals surface area contributed by atoms with Gasteiger partial charge in [0.05, 0.1) is 25.6 Å². The maximum atomic E-state index is 12.5. The van der Waals surface area contributed by atoms with Gasteiger partial charge in [0.1, 0.15) is 19.8 Å². The monoisotopic (exact) mass is 772 g/mol. The van der Waals surface area contributed by atoms with E-state index in [0.29, 0.717) is 32.6 Å². The summed E-state index contributed by atoms with van der Waals surface area (Å²) in [5.41, 5.74) is 0. The van der Waals surface area contributed by atoms with Crippen LogP contribution < -0.4 is 0 Å². The minimum atomic E-state index is -0.394. The van der Waals surface area contributed by atoms with E-state index in [1.54, 1.807) is 0 Å². The summed E-state index contributed by atoms with van der Waals surface area (Å²) in [5, 5.41) is 0. The van der Waals surface area contributed by atoms with Gasteiger partial charge in [0.15, 0.2) is 0 Å². The number of morpholine rings is 1. The van der Waals surface area contributed by atoms with Crippen molar-refractivity contribution in [3.05, 3.63) is 48.6 Å². The van der Waals surface area contributed by atoms with Gasteiger partial charge < -0.3 is 18.9 Å². The quantitative estimate of drug-likeness (QED) is 0.0267. The van der Waals surface area contributed by atoms with Gasteiger partial charge in [-0.2, -0.15) is 0 Å². The van der Waals surface area contributed by atoms with Crippen LogP contribution in [0.3, 0.4) is 0 Å². The van der Waals surface area contributed by atoms with Crippen molar-refractivity contribution in [2.45, 2.75) is 174 Å². The maximum Gasteiger partial charge on any atom is 0.307 e. The largest absolute Gasteiger partial charge is 0.465 e. The number of nitrogens with zero attached hydrogens (tertiary/aromatic N) is 1. The average Bonchev–Trinajstić information content (AvgIpc) is 3.20. The molecule has 0 aromatic carbocycles. The first kappa shape index (κ1) is 50.3. The molecule has 1 fully saturated rings. The van der Waals surface area contributed by atoms with Gasteiger partial charge in [-0.15, -0.1) is 0 Å². The SMILES string of the molecule is CCCCC/C=C\C/C=C\CCCCCCCC(=O)OCC(COC(=O)CCCCCCC/C=C\C/C=C\CCCCC)COC(=O)CCN1CCOCC1. The first-order chi connectivity index (χ1) is 27.0. The van der Waals surface area contributed by atoms with E-state index in [1.165, 1.54) is 64.2 Å². The number of carbonyl (C=O) groups excluding carboxylic acids is 3. The number of esters is 3. The molecule has 55 heavy (non-hydrogen) atoms. The summed E-state index contributed by atoms with van der Waals surface area (Å²) in [5.74, 6) is -1.21. The Bertz CT molecular complexity index is 968. The summed E-state index contributed by atoms with van der Waals surface area (Å²) in [7, 11) is 0. The minimum Gasteiger partial charge on any atom is -0.465 e. The lowest BCUT2D eigenvalue weighted by molar-refractivity contribution is -0.153. The molecule has 0 amide bonds. The van der Waals surface area contributed by atoms with E-state index in [4.69, 9.17) is 18.9 Å². The summed E-state index contributed by atoms with van der Waals surface area (Å²) in [6.07, 6.45) is 44.0. The standard InChI is InChI=1S/C47H81NO7/c1-3-5-7-9-11-13-15-17-19-21-23-25-27-29-31-33-45(49)53-41-44(43-55-47(51)35-36-48-37-39-52-40-38-48)42-54-46(50)34-32-30-28-26-24-22-20-18-16-14-12-10-8-6-4-2/h11-14,17-20,44H,3-10,15-16,21-43H2,1-2H3/b13-11-,14-12-,19-17-,20-18-. The van der Waals surface area contributed by atoms with E-state index < -0.39 is 5.92 Å². The second-order valence-corrected chi connectivity index (χ2v) is 15.1. The third-order valence-electron chi connectivity index (χ3n) is 9.84. The van der Waals surface area contributed by atoms with Crippen molar-refractivity contribution in [1.29, 1.82) is 0 Å². The minimum absolute atomic E-state index is 0.0515. The predicted octanol–water partition coefficient (Wildman–Crippen LogP) is 11.6. The van der Waals surface area contributed by atoms with Crippen LogP contribution in [0.1, 0.15) is 174 Å². The summed E-state index contributed by atoms with van der Waals surface area (Å²) in [4.78, 5) is 39.7. The lowest BCUT2D eigenvalue weighted by Crippen LogP contribution is -2.37. The Kier molecular flexibility index (Phi) is 36.2. The molecule has 8 nitrogen and oxygen atoms in total. The van der Waals surface area contributed by atoms with Gasteiger partial charge in [0, 0.05) is 32.5 Å². The number of allylic oxidation sites excluding steroid dienone is 8. The van der Waals surface area contributed by atoms with Gasteiger partial charge >= 0.3 is 17.9 Å². The van der Waals surface area contributed by atoms with E-state index in [0.717, 1.165) is 90.1 Å². The first-order valence-electron chi connectivity index (χ1n) is 22.4. The lowest BCUT2D eigenvalue weighted by Gasteiger charge is -2.26. The van der Waals surface area contributed by atoms with Crippen molar-refractivity contribution < 1.29 is 33.3 Å². The molecule has 0 saturated carbocycles. The van der Waals surface area contributed by atoms with E-state index in [-0.39, 0.29) is 44.1 Å². The normalized spacial score (nSPS) is 13.9. The van der Waals surface area contributed by atoms with Crippen molar-refractivity contribution in [1.82, 2.24) is 4.90 Å². The van der Waals surface area contributed by atoms with Crippen molar-refractivity contribution in [3.63, 3.8) is 0 Å². The van der Waals surface area contributed by atoms with Gasteiger partial charge in [0.25, 0.3) is 0 Å². The maximum absolute atomic E-state index is 12.5. The van der Waals surface area contributed by atoms with Crippen LogP contribution >= 0.6 is 0 Å². The van der Waals surface area contributed by atoms with E-state index in [9.17, 15) is 14.4 Å². The van der Waals surface area contributed by atoms with Crippen molar-refractivity contribution in [2.75, 3.05) is 52.7 Å². The highest BCUT2D eigenvalue weighted by molar-refractivity contribution is 5.70. The fourth-order valence-corrected chi connectivity index (χ4v) is 6.23. The Morgan fingerprint density at radius 2 is 0.855 bits per heavy atom. The summed E-state index contributed by atoms with van der Waals surface area (Å²) >= 11 is 0. The zero-order chi connectivity index (χ0) is 39.7. The molecule has 8 heteroatoms. The molecular formula is C47H81NO7. The Hall–Kier alpha value is -2.71. The summed E-state index contributed by atoms with van der Waals surface area (Å²) in [6, 6.07) is 0. The highest BCUT2D eigenvalue weighted by Crippen LogP contribution is 2.12. The third kappa shape index (κ3) is 35.4. The predicted molar refractivity (Wildman–Crippen MR) is 227 cm³/mol. The Labute approximate surface area is 336 Å². The molecule has 1 saturated heterocycles. The number of ether oxygens (including phenoxy) is 4. The molecule has 1 aliphatic heterocycles. The van der Waals surface area contributed by atoms with Gasteiger partial charge in [-0.1, -0.05) is 127 Å². The molecule has 0 aliphatic carbocycles. The molecule has 316 valence electrons. The zero-order valence-corrected chi connectivity index (χ0v) is 35.3. The molecular weight excluding hydrogens is 691 g/mol. The topological polar surface area (TPSA) is 91.4 Å². The summed E-state index contributed by atoms with van der Waals surface area (Å²) in [6.45, 7) is 8.25. The van der Waals surface area contributed by atoms with Crippen LogP contribution in [0.15, 0.2) is 48.6 Å². The van der Waals surface area contributed by atoms with Crippen molar-refractivity contribution in [3.8, 4) is 0 Å². The molecule has 0 radical (unpaired) electrons. The van der Waals surface area contributed by atoms with E-state index in [2.05, 4.69) is 67.4 Å². The van der Waals surface area contributed by atoms with Crippen LogP contribution in [0.2, 0.25) is 0 Å². The number of carbonyl (C=O) groups is 3. The number of rotatable bonds is 37. The van der Waals surface area contributed by atoms with Crippen LogP contribution in [0.4, 0.5) is 0 Å². The van der Waals surface area contributed by atoms with Crippen LogP contribution in [0.5, 0.6) is 0 Å². The van der Waals surface area contributed by atoms with Crippen LogP contribution in [-0.2, 0) is 33.3 Å². The van der Waals surface area contributed by atoms with E-state index >= 15 is 0 Å². The molecule has 1 heterocycles. The Morgan fingerprint density at radius 1 is 0.491 bits per heavy atom. The third-order valence-corrected chi connectivity index (χ3v) is 9.84. The smallest absolute Gasteiger partial charge is 0.307 e. The Morgan fingerprint density at radius 3 is 1.27 bits per heavy atom. The second-order valence-electron chi connectivity index (χ2n) is 15.1. The number of hydrogen-bond donors (Lipinski definition) is 0. The number of hydrogen-bond acceptors (Lipinski definition) is 8. The van der Waals surface area contributed by atoms with Gasteiger partial charge in [-0.3, -0.25) is 19.3 Å². The molecule has 1 aliphatic rings. The summed E-state index contributed by atoms with van der Waals surface area (Å²) < 4.78 is 22.1. The van der Waals surface area contributed by atoms with Crippen molar-refractivity contribution in [2.24, 2.45) is 5.92 Å². The van der Waals surface area contributed by atoms with Gasteiger partial charge in [-0.25, -0.2) is 0 Å². The number of unbranched alkanes of at least 4 members (excludes halogenated alkanes) is 16. The lowest BCUT2D eigenvalue weighted by atomic mass is 10.1. The molecule has 0 unspecified atom stereocenters. The first-order valence-corrected chi connectivity index (χ1v) is 22.4. The average molecular weight is 772 g/mol. The molecule has 0 aromatic rings. The van der Waals surface area contributed by atoms with Crippen LogP contribution in [0, 0.1) is 5.92 Å². The fourth-order valence-electron chi connectivity index (χ4n) is 6.23. The van der Waals surface area contributed by atoms with E-state index in [1.807, 2.05) is 0 Å². The van der Waals surface area contributed by atoms with Crippen LogP contribution in [-0.4, -0.2) is 75.5 Å².